The second-order valence-corrected chi connectivity index (χ2v) is 7.15. The highest BCUT2D eigenvalue weighted by Crippen LogP contribution is 2.35. The second-order valence-electron chi connectivity index (χ2n) is 5.49. The van der Waals surface area contributed by atoms with E-state index in [1.807, 2.05) is 13.8 Å². The molecule has 0 aliphatic heterocycles. The zero-order valence-corrected chi connectivity index (χ0v) is 17.2. The molecule has 2 unspecified atom stereocenters. The molecular formula is C18H16Cl4O4. The van der Waals surface area contributed by atoms with Crippen LogP contribution in [0.25, 0.3) is 0 Å². The first-order valence-corrected chi connectivity index (χ1v) is 9.09. The number of halogens is 4. The standard InChI is InChI=1S/C18H16Cl4O4/c1-9(24-3)10(2)25-16-5-4-11(19)6-12(16)18(23)26-17-8-14(21)13(20)7-15(17)22/h4-10H,1-3H3. The Bertz CT molecular complexity index is 810. The molecule has 0 amide bonds. The van der Waals surface area contributed by atoms with Gasteiger partial charge in [0.2, 0.25) is 0 Å². The lowest BCUT2D eigenvalue weighted by molar-refractivity contribution is 0.0224. The van der Waals surface area contributed by atoms with E-state index in [-0.39, 0.29) is 38.6 Å². The van der Waals surface area contributed by atoms with Crippen LogP contribution < -0.4 is 9.47 Å². The van der Waals surface area contributed by atoms with E-state index in [2.05, 4.69) is 0 Å². The Balaban J connectivity index is 2.31. The molecule has 0 radical (unpaired) electrons. The number of esters is 1. The minimum atomic E-state index is -0.694. The highest BCUT2D eigenvalue weighted by atomic mass is 35.5. The summed E-state index contributed by atoms with van der Waals surface area (Å²) in [5, 5.41) is 0.977. The van der Waals surface area contributed by atoms with Gasteiger partial charge in [0, 0.05) is 18.2 Å². The van der Waals surface area contributed by atoms with E-state index in [9.17, 15) is 4.79 Å². The van der Waals surface area contributed by atoms with Crippen LogP contribution in [0.3, 0.4) is 0 Å². The Labute approximate surface area is 171 Å². The summed E-state index contributed by atoms with van der Waals surface area (Å²) in [6.45, 7) is 3.68. The first-order chi connectivity index (χ1) is 12.2. The molecule has 2 aromatic carbocycles. The van der Waals surface area contributed by atoms with Crippen molar-refractivity contribution in [1.82, 2.24) is 0 Å². The molecule has 140 valence electrons. The van der Waals surface area contributed by atoms with E-state index in [0.717, 1.165) is 0 Å². The molecule has 0 aliphatic carbocycles. The van der Waals surface area contributed by atoms with Crippen molar-refractivity contribution in [3.05, 3.63) is 56.0 Å². The van der Waals surface area contributed by atoms with Gasteiger partial charge in [-0.3, -0.25) is 0 Å². The molecule has 0 bridgehead atoms. The van der Waals surface area contributed by atoms with Crippen LogP contribution in [0.1, 0.15) is 24.2 Å². The van der Waals surface area contributed by atoms with Gasteiger partial charge in [-0.25, -0.2) is 4.79 Å². The fourth-order valence-corrected chi connectivity index (χ4v) is 2.74. The molecule has 0 spiro atoms. The molecule has 0 aromatic heterocycles. The van der Waals surface area contributed by atoms with Crippen molar-refractivity contribution in [2.75, 3.05) is 7.11 Å². The van der Waals surface area contributed by atoms with Crippen molar-refractivity contribution in [3.63, 3.8) is 0 Å². The molecule has 0 aliphatic rings. The quantitative estimate of drug-likeness (QED) is 0.301. The Hall–Kier alpha value is -1.17. The second kappa shape index (κ2) is 9.16. The van der Waals surface area contributed by atoms with Crippen LogP contribution in [0, 0.1) is 0 Å². The smallest absolute Gasteiger partial charge is 0.347 e. The van der Waals surface area contributed by atoms with Gasteiger partial charge >= 0.3 is 5.97 Å². The molecule has 8 heteroatoms. The minimum absolute atomic E-state index is 0.0790. The average Bonchev–Trinajstić information content (AvgIpc) is 2.60. The summed E-state index contributed by atoms with van der Waals surface area (Å²) in [7, 11) is 1.58. The molecule has 0 saturated carbocycles. The lowest BCUT2D eigenvalue weighted by atomic mass is 10.2. The summed E-state index contributed by atoms with van der Waals surface area (Å²) in [5.74, 6) is -0.303. The fraction of sp³-hybridized carbons (Fsp3) is 0.278. The van der Waals surface area contributed by atoms with Crippen LogP contribution in [-0.4, -0.2) is 25.3 Å². The number of hydrogen-bond donors (Lipinski definition) is 0. The van der Waals surface area contributed by atoms with E-state index in [1.165, 1.54) is 18.2 Å². The lowest BCUT2D eigenvalue weighted by Crippen LogP contribution is -2.28. The van der Waals surface area contributed by atoms with Crippen LogP contribution in [0.5, 0.6) is 11.5 Å². The van der Waals surface area contributed by atoms with E-state index in [4.69, 9.17) is 60.6 Å². The van der Waals surface area contributed by atoms with Gasteiger partial charge in [-0.2, -0.15) is 0 Å². The summed E-state index contributed by atoms with van der Waals surface area (Å²) in [6, 6.07) is 7.42. The molecule has 0 heterocycles. The normalized spacial score (nSPS) is 13.2. The van der Waals surface area contributed by atoms with E-state index in [1.54, 1.807) is 19.2 Å². The summed E-state index contributed by atoms with van der Waals surface area (Å²) in [6.07, 6.45) is -0.486. The van der Waals surface area contributed by atoms with Gasteiger partial charge < -0.3 is 14.2 Å². The molecule has 0 fully saturated rings. The first kappa shape index (κ1) is 21.1. The summed E-state index contributed by atoms with van der Waals surface area (Å²) in [4.78, 5) is 12.6. The maximum atomic E-state index is 12.6. The predicted octanol–water partition coefficient (Wildman–Crippen LogP) is 6.32. The van der Waals surface area contributed by atoms with Gasteiger partial charge in [-0.1, -0.05) is 46.4 Å². The van der Waals surface area contributed by atoms with Crippen LogP contribution in [0.2, 0.25) is 20.1 Å². The SMILES string of the molecule is COC(C)C(C)Oc1ccc(Cl)cc1C(=O)Oc1cc(Cl)c(Cl)cc1Cl. The third-order valence-corrected chi connectivity index (χ3v) is 4.94. The minimum Gasteiger partial charge on any atom is -0.487 e. The fourth-order valence-electron chi connectivity index (χ4n) is 1.99. The number of rotatable bonds is 6. The molecule has 2 atom stereocenters. The van der Waals surface area contributed by atoms with Gasteiger partial charge in [0.25, 0.3) is 0 Å². The number of carbonyl (C=O) groups excluding carboxylic acids is 1. The number of ether oxygens (including phenoxy) is 3. The summed E-state index contributed by atoms with van der Waals surface area (Å²) >= 11 is 23.9. The van der Waals surface area contributed by atoms with Crippen LogP contribution in [0.4, 0.5) is 0 Å². The predicted molar refractivity (Wildman–Crippen MR) is 104 cm³/mol. The number of methoxy groups -OCH3 is 1. The maximum Gasteiger partial charge on any atom is 0.347 e. The Morgan fingerprint density at radius 1 is 0.885 bits per heavy atom. The Morgan fingerprint density at radius 3 is 2.19 bits per heavy atom. The highest BCUT2D eigenvalue weighted by Gasteiger charge is 2.21. The van der Waals surface area contributed by atoms with Gasteiger partial charge in [-0.15, -0.1) is 0 Å². The molecule has 26 heavy (non-hydrogen) atoms. The summed E-state index contributed by atoms with van der Waals surface area (Å²) in [5.41, 5.74) is 0.148. The van der Waals surface area contributed by atoms with Crippen LogP contribution in [0.15, 0.2) is 30.3 Å². The van der Waals surface area contributed by atoms with Gasteiger partial charge in [-0.05, 0) is 38.1 Å². The average molecular weight is 438 g/mol. The molecular weight excluding hydrogens is 422 g/mol. The first-order valence-electron chi connectivity index (χ1n) is 7.58. The van der Waals surface area contributed by atoms with Gasteiger partial charge in [0.15, 0.2) is 5.75 Å². The summed E-state index contributed by atoms with van der Waals surface area (Å²) < 4.78 is 16.4. The number of hydrogen-bond acceptors (Lipinski definition) is 4. The topological polar surface area (TPSA) is 44.8 Å². The molecule has 0 N–H and O–H groups in total. The van der Waals surface area contributed by atoms with Gasteiger partial charge in [0.05, 0.1) is 21.2 Å². The third kappa shape index (κ3) is 5.18. The molecule has 2 aromatic rings. The van der Waals surface area contributed by atoms with Crippen molar-refractivity contribution in [2.45, 2.75) is 26.1 Å². The zero-order valence-electron chi connectivity index (χ0n) is 14.2. The van der Waals surface area contributed by atoms with E-state index >= 15 is 0 Å². The monoisotopic (exact) mass is 436 g/mol. The molecule has 2 rings (SSSR count). The highest BCUT2D eigenvalue weighted by molar-refractivity contribution is 6.43. The largest absolute Gasteiger partial charge is 0.487 e. The third-order valence-electron chi connectivity index (χ3n) is 3.68. The lowest BCUT2D eigenvalue weighted by Gasteiger charge is -2.21. The van der Waals surface area contributed by atoms with Gasteiger partial charge in [0.1, 0.15) is 17.4 Å². The maximum absolute atomic E-state index is 12.6. The van der Waals surface area contributed by atoms with Crippen molar-refractivity contribution in [2.24, 2.45) is 0 Å². The van der Waals surface area contributed by atoms with Crippen LogP contribution in [-0.2, 0) is 4.74 Å². The van der Waals surface area contributed by atoms with Crippen molar-refractivity contribution >= 4 is 52.4 Å². The van der Waals surface area contributed by atoms with Crippen molar-refractivity contribution in [1.29, 1.82) is 0 Å². The van der Waals surface area contributed by atoms with E-state index < -0.39 is 5.97 Å². The molecule has 0 saturated heterocycles. The van der Waals surface area contributed by atoms with E-state index in [0.29, 0.717) is 10.8 Å². The number of carbonyl (C=O) groups is 1. The number of benzene rings is 2. The van der Waals surface area contributed by atoms with Crippen LogP contribution >= 0.6 is 46.4 Å². The van der Waals surface area contributed by atoms with Crippen molar-refractivity contribution in [3.8, 4) is 11.5 Å². The molecule has 4 nitrogen and oxygen atoms in total. The van der Waals surface area contributed by atoms with Crippen molar-refractivity contribution < 1.29 is 19.0 Å². The Kier molecular flexibility index (Phi) is 7.44. The Morgan fingerprint density at radius 2 is 1.54 bits per heavy atom. The zero-order chi connectivity index (χ0) is 19.4.